The maximum Gasteiger partial charge on any atom is 0.373 e. The van der Waals surface area contributed by atoms with E-state index in [9.17, 15) is 27.2 Å². The van der Waals surface area contributed by atoms with Gasteiger partial charge < -0.3 is 20.2 Å². The van der Waals surface area contributed by atoms with E-state index in [1.165, 1.54) is 12.1 Å². The Balaban J connectivity index is 1.67. The van der Waals surface area contributed by atoms with E-state index >= 15 is 0 Å². The van der Waals surface area contributed by atoms with Crippen LogP contribution in [0, 0.1) is 17.7 Å². The van der Waals surface area contributed by atoms with Crippen LogP contribution in [0.15, 0.2) is 53.4 Å². The lowest BCUT2D eigenvalue weighted by molar-refractivity contribution is -0.132. The third kappa shape index (κ3) is 6.83. The Morgan fingerprint density at radius 3 is 2.44 bits per heavy atom. The van der Waals surface area contributed by atoms with Gasteiger partial charge in [-0.25, -0.2) is 8.60 Å². The van der Waals surface area contributed by atoms with Crippen LogP contribution in [0.25, 0.3) is 0 Å². The lowest BCUT2D eigenvalue weighted by atomic mass is 10.0. The minimum atomic E-state index is -3.96. The van der Waals surface area contributed by atoms with Crippen LogP contribution in [0.5, 0.6) is 5.75 Å². The Hall–Kier alpha value is -3.31. The molecule has 2 aliphatic heterocycles. The molecule has 1 spiro atoms. The van der Waals surface area contributed by atoms with Crippen LogP contribution in [0.4, 0.5) is 4.39 Å². The van der Waals surface area contributed by atoms with Crippen molar-refractivity contribution in [2.24, 2.45) is 11.8 Å². The maximum absolute atomic E-state index is 13.7. The number of aldehydes is 1. The number of fused-ring (bicyclic) bond motifs is 12. The van der Waals surface area contributed by atoms with Gasteiger partial charge in [-0.15, -0.1) is 0 Å². The Morgan fingerprint density at radius 2 is 1.82 bits per heavy atom. The second-order valence-electron chi connectivity index (χ2n) is 10.6. The van der Waals surface area contributed by atoms with E-state index in [1.54, 1.807) is 24.3 Å². The molecule has 2 heterocycles. The number of rotatable bonds is 5. The monoisotopic (exact) mass is 560 g/mol. The standard InChI is InChI=1S/C28H34FN3O6S/c1-18(2)24-16-28(24)27(35)30-21(17-33)5-3-4-14-38-22-10-6-19(7-11-22)15-25(26(34)31-28)32-39(36,37)23-12-8-20(29)9-13-23/h6-13,17-18,21,24-25H,3-5,14-16H2,1-2H3,(H,30,35)(H,31,34)(H,32,36,37)/p+1/t21-,24?,25-,28+/m0/s1. The highest BCUT2D eigenvalue weighted by atomic mass is 32.2. The van der Waals surface area contributed by atoms with Gasteiger partial charge in [0.1, 0.15) is 34.3 Å². The molecule has 210 valence electrons. The van der Waals surface area contributed by atoms with E-state index in [0.717, 1.165) is 12.1 Å². The zero-order chi connectivity index (χ0) is 28.2. The van der Waals surface area contributed by atoms with Gasteiger partial charge in [0.25, 0.3) is 0 Å². The first-order valence-electron chi connectivity index (χ1n) is 13.1. The minimum absolute atomic E-state index is 0.0336. The van der Waals surface area contributed by atoms with Crippen LogP contribution >= 0.6 is 0 Å². The Bertz CT molecular complexity index is 1300. The predicted molar refractivity (Wildman–Crippen MR) is 143 cm³/mol. The first-order chi connectivity index (χ1) is 18.5. The summed E-state index contributed by atoms with van der Waals surface area (Å²) in [6, 6.07) is 9.62. The summed E-state index contributed by atoms with van der Waals surface area (Å²) in [4.78, 5) is 38.8. The number of amides is 2. The maximum atomic E-state index is 13.7. The molecule has 4 N–H and O–H groups in total. The van der Waals surface area contributed by atoms with E-state index in [1.807, 2.05) is 13.8 Å². The van der Waals surface area contributed by atoms with Crippen LogP contribution in [0.3, 0.4) is 0 Å². The fraction of sp³-hybridized carbons (Fsp3) is 0.464. The molecule has 2 aromatic rings. The van der Waals surface area contributed by atoms with Gasteiger partial charge in [-0.2, -0.15) is 8.93 Å². The van der Waals surface area contributed by atoms with E-state index < -0.39 is 45.3 Å². The molecule has 3 aliphatic rings. The number of carbonyl (C=O) groups is 3. The van der Waals surface area contributed by atoms with Gasteiger partial charge >= 0.3 is 10.0 Å². The van der Waals surface area contributed by atoms with Gasteiger partial charge in [-0.1, -0.05) is 26.0 Å². The summed E-state index contributed by atoms with van der Waals surface area (Å²) in [6.45, 7) is 4.34. The molecule has 2 aromatic carbocycles. The summed E-state index contributed by atoms with van der Waals surface area (Å²) in [7, 11) is -3.96. The summed E-state index contributed by atoms with van der Waals surface area (Å²) in [5.41, 5.74) is -0.538. The van der Waals surface area contributed by atoms with E-state index in [4.69, 9.17) is 4.74 Å². The van der Waals surface area contributed by atoms with Gasteiger partial charge in [0.2, 0.25) is 11.8 Å². The number of nitrogens with one attached hydrogen (secondary N) is 3. The highest BCUT2D eigenvalue weighted by Crippen LogP contribution is 2.48. The summed E-state index contributed by atoms with van der Waals surface area (Å²) in [5, 5.41) is 5.64. The smallest absolute Gasteiger partial charge is 0.373 e. The molecule has 2 unspecified atom stereocenters. The number of halogens is 1. The Labute approximate surface area is 227 Å². The highest BCUT2D eigenvalue weighted by Gasteiger charge is 2.62. The predicted octanol–water partition coefficient (Wildman–Crippen LogP) is 2.65. The Morgan fingerprint density at radius 1 is 1.13 bits per heavy atom. The zero-order valence-electron chi connectivity index (χ0n) is 22.0. The molecule has 11 heteroatoms. The third-order valence-corrected chi connectivity index (χ3v) is 8.86. The van der Waals surface area contributed by atoms with Crippen LogP contribution < -0.4 is 20.1 Å². The van der Waals surface area contributed by atoms with E-state index in [-0.39, 0.29) is 23.2 Å². The number of carbonyl (C=O) groups excluding carboxylic acids is 3. The molecule has 2 bridgehead atoms. The van der Waals surface area contributed by atoms with Crippen molar-refractivity contribution in [3.63, 3.8) is 0 Å². The van der Waals surface area contributed by atoms with E-state index in [2.05, 4.69) is 15.4 Å². The highest BCUT2D eigenvalue weighted by molar-refractivity contribution is 7.89. The summed E-state index contributed by atoms with van der Waals surface area (Å²) in [5.74, 6) is -1.12. The van der Waals surface area contributed by atoms with Gasteiger partial charge in [0.05, 0.1) is 12.6 Å². The first kappa shape index (κ1) is 28.7. The average Bonchev–Trinajstić information content (AvgIpc) is 3.63. The van der Waals surface area contributed by atoms with Crippen molar-refractivity contribution in [2.45, 2.75) is 68.5 Å². The van der Waals surface area contributed by atoms with Gasteiger partial charge in [-0.3, -0.25) is 9.59 Å². The van der Waals surface area contributed by atoms with Gasteiger partial charge in [0.15, 0.2) is 0 Å². The van der Waals surface area contributed by atoms with Crippen molar-refractivity contribution < 1.29 is 31.9 Å². The third-order valence-electron chi connectivity index (χ3n) is 7.34. The summed E-state index contributed by atoms with van der Waals surface area (Å²) < 4.78 is 45.8. The molecule has 39 heavy (non-hydrogen) atoms. The number of hydrogen-bond acceptors (Lipinski definition) is 5. The number of hydrogen-bond donors (Lipinski definition) is 3. The van der Waals surface area contributed by atoms with Crippen molar-refractivity contribution in [3.8, 4) is 5.75 Å². The van der Waals surface area contributed by atoms with Crippen LogP contribution in [0.2, 0.25) is 0 Å². The molecular formula is C28H35FN3O6S+. The minimum Gasteiger partial charge on any atom is -0.494 e. The van der Waals surface area contributed by atoms with Crippen LogP contribution in [0.1, 0.15) is 45.1 Å². The molecule has 5 rings (SSSR count). The first-order valence-corrected chi connectivity index (χ1v) is 14.6. The van der Waals surface area contributed by atoms with Crippen LogP contribution in [-0.4, -0.2) is 50.7 Å². The molecule has 5 atom stereocenters. The molecule has 1 fully saturated rings. The normalized spacial score (nSPS) is 27.6. The van der Waals surface area contributed by atoms with E-state index in [0.29, 0.717) is 49.9 Å². The molecule has 1 aliphatic carbocycles. The van der Waals surface area contributed by atoms with Gasteiger partial charge in [-0.05, 0) is 85.9 Å². The lowest BCUT2D eigenvalue weighted by Crippen LogP contribution is -2.58. The Kier molecular flexibility index (Phi) is 8.70. The largest absolute Gasteiger partial charge is 0.494 e. The number of benzene rings is 2. The fourth-order valence-electron chi connectivity index (χ4n) is 5.01. The quantitative estimate of drug-likeness (QED) is 0.382. The molecule has 2 amide bonds. The van der Waals surface area contributed by atoms with Crippen molar-refractivity contribution in [3.05, 3.63) is 59.9 Å². The molecule has 1 saturated carbocycles. The fourth-order valence-corrected chi connectivity index (χ4v) is 6.23. The second kappa shape index (κ2) is 11.8. The number of ether oxygens (including phenoxy) is 1. The summed E-state index contributed by atoms with van der Waals surface area (Å²) in [6.07, 6.45) is 2.90. The second-order valence-corrected chi connectivity index (χ2v) is 12.3. The average molecular weight is 561 g/mol. The van der Waals surface area contributed by atoms with Crippen molar-refractivity contribution in [1.82, 2.24) is 15.4 Å². The van der Waals surface area contributed by atoms with Gasteiger partial charge in [0, 0.05) is 0 Å². The van der Waals surface area contributed by atoms with Crippen molar-refractivity contribution in [1.29, 1.82) is 0 Å². The SMILES string of the molecule is CC(C)C1C[C@@]12NC(=O)[C@@H](NS(=O)(=[OH+])c1ccc(F)cc1)Cc1ccc(cc1)OCCCC[C@@H](C=O)NC2=O. The zero-order valence-corrected chi connectivity index (χ0v) is 22.8. The molecular weight excluding hydrogens is 525 g/mol. The van der Waals surface area contributed by atoms with Crippen LogP contribution in [-0.2, 0) is 30.8 Å². The van der Waals surface area contributed by atoms with Crippen molar-refractivity contribution >= 4 is 28.1 Å². The lowest BCUT2D eigenvalue weighted by Gasteiger charge is -2.25. The summed E-state index contributed by atoms with van der Waals surface area (Å²) >= 11 is 0. The molecule has 0 aromatic heterocycles. The molecule has 9 nitrogen and oxygen atoms in total. The molecule has 0 saturated heterocycles. The topological polar surface area (TPSA) is 135 Å². The molecule has 0 radical (unpaired) electrons. The van der Waals surface area contributed by atoms with Crippen molar-refractivity contribution in [2.75, 3.05) is 6.61 Å².